The van der Waals surface area contributed by atoms with Gasteiger partial charge in [-0.05, 0) is 49.9 Å². The second-order valence-electron chi connectivity index (χ2n) is 5.30. The van der Waals surface area contributed by atoms with Gasteiger partial charge in [0.15, 0.2) is 0 Å². The van der Waals surface area contributed by atoms with Crippen molar-refractivity contribution in [2.24, 2.45) is 5.73 Å². The molecule has 0 fully saturated rings. The van der Waals surface area contributed by atoms with E-state index < -0.39 is 0 Å². The molecule has 1 heterocycles. The Balaban J connectivity index is 2.26. The van der Waals surface area contributed by atoms with Crippen LogP contribution in [0.1, 0.15) is 34.6 Å². The smallest absolute Gasteiger partial charge is 0.254 e. The second kappa shape index (κ2) is 7.38. The van der Waals surface area contributed by atoms with Gasteiger partial charge in [-0.1, -0.05) is 24.3 Å². The van der Waals surface area contributed by atoms with Crippen LogP contribution >= 0.6 is 11.3 Å². The molecule has 0 saturated heterocycles. The summed E-state index contributed by atoms with van der Waals surface area (Å²) >= 11 is 1.68. The Hall–Kier alpha value is -1.65. The molecule has 21 heavy (non-hydrogen) atoms. The van der Waals surface area contributed by atoms with Crippen molar-refractivity contribution < 1.29 is 4.79 Å². The molecule has 0 spiro atoms. The van der Waals surface area contributed by atoms with Crippen LogP contribution in [-0.4, -0.2) is 23.4 Å². The number of rotatable bonds is 6. The molecule has 0 aliphatic heterocycles. The highest BCUT2D eigenvalue weighted by atomic mass is 32.1. The van der Waals surface area contributed by atoms with Gasteiger partial charge in [-0.15, -0.1) is 11.3 Å². The number of nitrogens with zero attached hydrogens (tertiary/aromatic N) is 1. The maximum atomic E-state index is 12.9. The van der Waals surface area contributed by atoms with Crippen molar-refractivity contribution in [3.05, 3.63) is 57.8 Å². The third-order valence-corrected chi connectivity index (χ3v) is 4.31. The van der Waals surface area contributed by atoms with Crippen LogP contribution in [0.5, 0.6) is 0 Å². The third-order valence-electron chi connectivity index (χ3n) is 3.45. The number of carbonyl (C=O) groups excluding carboxylic acids is 1. The molecule has 0 aliphatic rings. The van der Waals surface area contributed by atoms with E-state index in [1.807, 2.05) is 40.6 Å². The van der Waals surface area contributed by atoms with Crippen LogP contribution in [0, 0.1) is 0 Å². The zero-order valence-corrected chi connectivity index (χ0v) is 13.4. The van der Waals surface area contributed by atoms with Gasteiger partial charge in [0.1, 0.15) is 0 Å². The number of carbonyl (C=O) groups is 1. The van der Waals surface area contributed by atoms with Crippen molar-refractivity contribution in [1.29, 1.82) is 0 Å². The van der Waals surface area contributed by atoms with E-state index in [-0.39, 0.29) is 11.9 Å². The summed E-state index contributed by atoms with van der Waals surface area (Å²) < 4.78 is 0. The van der Waals surface area contributed by atoms with Crippen LogP contribution in [-0.2, 0) is 13.0 Å². The number of hydrogen-bond acceptors (Lipinski definition) is 3. The summed E-state index contributed by atoms with van der Waals surface area (Å²) in [6.07, 6.45) is 0.729. The minimum atomic E-state index is 0.0856. The van der Waals surface area contributed by atoms with Crippen LogP contribution in [0.15, 0.2) is 41.8 Å². The number of thiophene rings is 1. The predicted octanol–water partition coefficient (Wildman–Crippen LogP) is 3.30. The number of benzene rings is 1. The van der Waals surface area contributed by atoms with E-state index >= 15 is 0 Å². The molecule has 0 unspecified atom stereocenters. The fourth-order valence-corrected chi connectivity index (χ4v) is 3.02. The van der Waals surface area contributed by atoms with E-state index in [4.69, 9.17) is 5.73 Å². The summed E-state index contributed by atoms with van der Waals surface area (Å²) in [5, 5.41) is 2.04. The molecule has 3 nitrogen and oxygen atoms in total. The van der Waals surface area contributed by atoms with E-state index in [9.17, 15) is 4.79 Å². The number of hydrogen-bond donors (Lipinski definition) is 1. The maximum absolute atomic E-state index is 12.9. The predicted molar refractivity (Wildman–Crippen MR) is 88.5 cm³/mol. The lowest BCUT2D eigenvalue weighted by atomic mass is 10.0. The fourth-order valence-electron chi connectivity index (χ4n) is 2.32. The topological polar surface area (TPSA) is 46.3 Å². The minimum Gasteiger partial charge on any atom is -0.331 e. The second-order valence-corrected chi connectivity index (χ2v) is 6.33. The van der Waals surface area contributed by atoms with Gasteiger partial charge in [-0.2, -0.15) is 0 Å². The summed E-state index contributed by atoms with van der Waals surface area (Å²) in [6, 6.07) is 12.0. The summed E-state index contributed by atoms with van der Waals surface area (Å²) in [6.45, 7) is 5.32. The molecule has 0 aliphatic carbocycles. The van der Waals surface area contributed by atoms with Gasteiger partial charge >= 0.3 is 0 Å². The van der Waals surface area contributed by atoms with Crippen molar-refractivity contribution in [1.82, 2.24) is 4.90 Å². The Morgan fingerprint density at radius 3 is 2.62 bits per heavy atom. The molecule has 1 amide bonds. The van der Waals surface area contributed by atoms with Crippen molar-refractivity contribution in [3.63, 3.8) is 0 Å². The van der Waals surface area contributed by atoms with E-state index in [0.29, 0.717) is 13.1 Å². The van der Waals surface area contributed by atoms with Crippen molar-refractivity contribution in [2.75, 3.05) is 6.54 Å². The first-order valence-electron chi connectivity index (χ1n) is 7.24. The first kappa shape index (κ1) is 15.7. The van der Waals surface area contributed by atoms with E-state index in [0.717, 1.165) is 17.5 Å². The number of amides is 1. The van der Waals surface area contributed by atoms with Crippen molar-refractivity contribution in [2.45, 2.75) is 32.9 Å². The SMILES string of the molecule is CC(C)N(Cc1cccs1)C(=O)c1ccccc1CCN. The average Bonchev–Trinajstić information content (AvgIpc) is 2.98. The van der Waals surface area contributed by atoms with Crippen LogP contribution in [0.2, 0.25) is 0 Å². The summed E-state index contributed by atoms with van der Waals surface area (Å²) in [5.41, 5.74) is 7.45. The lowest BCUT2D eigenvalue weighted by Crippen LogP contribution is -2.36. The molecule has 1 aromatic carbocycles. The van der Waals surface area contributed by atoms with Crippen LogP contribution in [0.3, 0.4) is 0 Å². The first-order valence-corrected chi connectivity index (χ1v) is 8.12. The normalized spacial score (nSPS) is 10.9. The Morgan fingerprint density at radius 2 is 2.00 bits per heavy atom. The lowest BCUT2D eigenvalue weighted by Gasteiger charge is -2.27. The van der Waals surface area contributed by atoms with Gasteiger partial charge in [0.05, 0.1) is 6.54 Å². The highest BCUT2D eigenvalue weighted by Crippen LogP contribution is 2.19. The standard InChI is InChI=1S/C17H22N2OS/c1-13(2)19(12-15-7-5-11-21-15)17(20)16-8-4-3-6-14(16)9-10-18/h3-8,11,13H,9-10,12,18H2,1-2H3. The summed E-state index contributed by atoms with van der Waals surface area (Å²) in [5.74, 6) is 0.0856. The fraction of sp³-hybridized carbons (Fsp3) is 0.353. The summed E-state index contributed by atoms with van der Waals surface area (Å²) in [4.78, 5) is 16.0. The van der Waals surface area contributed by atoms with Gasteiger partial charge in [0.25, 0.3) is 5.91 Å². The third kappa shape index (κ3) is 3.93. The molecular formula is C17H22N2OS. The molecule has 0 bridgehead atoms. The van der Waals surface area contributed by atoms with Crippen molar-refractivity contribution in [3.8, 4) is 0 Å². The maximum Gasteiger partial charge on any atom is 0.254 e. The Kier molecular flexibility index (Phi) is 5.53. The molecule has 112 valence electrons. The van der Waals surface area contributed by atoms with Crippen LogP contribution < -0.4 is 5.73 Å². The molecule has 0 atom stereocenters. The monoisotopic (exact) mass is 302 g/mol. The Bertz CT molecular complexity index is 578. The lowest BCUT2D eigenvalue weighted by molar-refractivity contribution is 0.0691. The van der Waals surface area contributed by atoms with E-state index in [1.54, 1.807) is 11.3 Å². The van der Waals surface area contributed by atoms with Gasteiger partial charge in [-0.25, -0.2) is 0 Å². The molecule has 2 aromatic rings. The van der Waals surface area contributed by atoms with Crippen molar-refractivity contribution >= 4 is 17.2 Å². The first-order chi connectivity index (χ1) is 10.1. The molecule has 4 heteroatoms. The Labute approximate surface area is 130 Å². The minimum absolute atomic E-state index is 0.0856. The molecule has 2 rings (SSSR count). The zero-order chi connectivity index (χ0) is 15.2. The molecule has 0 saturated carbocycles. The number of nitrogens with two attached hydrogens (primary N) is 1. The highest BCUT2D eigenvalue weighted by Gasteiger charge is 2.21. The van der Waals surface area contributed by atoms with Gasteiger partial charge in [0.2, 0.25) is 0 Å². The van der Waals surface area contributed by atoms with Gasteiger partial charge < -0.3 is 10.6 Å². The average molecular weight is 302 g/mol. The Morgan fingerprint density at radius 1 is 1.24 bits per heavy atom. The van der Waals surface area contributed by atoms with Crippen LogP contribution in [0.25, 0.3) is 0 Å². The molecular weight excluding hydrogens is 280 g/mol. The highest BCUT2D eigenvalue weighted by molar-refractivity contribution is 7.09. The van der Waals surface area contributed by atoms with Crippen LogP contribution in [0.4, 0.5) is 0 Å². The van der Waals surface area contributed by atoms with Gasteiger partial charge in [-0.3, -0.25) is 4.79 Å². The largest absolute Gasteiger partial charge is 0.331 e. The molecule has 1 aromatic heterocycles. The quantitative estimate of drug-likeness (QED) is 0.890. The van der Waals surface area contributed by atoms with E-state index in [2.05, 4.69) is 19.9 Å². The zero-order valence-electron chi connectivity index (χ0n) is 12.6. The molecule has 2 N–H and O–H groups in total. The van der Waals surface area contributed by atoms with E-state index in [1.165, 1.54) is 4.88 Å². The van der Waals surface area contributed by atoms with Gasteiger partial charge in [0, 0.05) is 16.5 Å². The summed E-state index contributed by atoms with van der Waals surface area (Å²) in [7, 11) is 0. The molecule has 0 radical (unpaired) electrons.